The van der Waals surface area contributed by atoms with Crippen LogP contribution in [0, 0.1) is 0 Å². The Balaban J connectivity index is 1.73. The van der Waals surface area contributed by atoms with Gasteiger partial charge in [-0.15, -0.1) is 0 Å². The van der Waals surface area contributed by atoms with Crippen LogP contribution in [0.4, 0.5) is 0 Å². The number of aliphatic hydroxyl groups excluding tert-OH is 3. The molecule has 2 saturated heterocycles. The van der Waals surface area contributed by atoms with Crippen molar-refractivity contribution in [1.82, 2.24) is 9.97 Å². The van der Waals surface area contributed by atoms with Crippen molar-refractivity contribution in [3.63, 3.8) is 0 Å². The summed E-state index contributed by atoms with van der Waals surface area (Å²) in [6.45, 7) is 17.1. The SMILES string of the molecule is CC(C)[Si]1(C(C)C)OC[C@@H](O)[C@H]([C@H](O)c2cnc(C[C@@H]3O[Si](C(C)C)(C(C)C)OC[C@H]3O)cn2)O1. The van der Waals surface area contributed by atoms with Gasteiger partial charge in [-0.05, 0) is 22.2 Å². The minimum absolute atomic E-state index is 0.131. The van der Waals surface area contributed by atoms with Gasteiger partial charge in [0.15, 0.2) is 0 Å². The van der Waals surface area contributed by atoms with Gasteiger partial charge in [0.2, 0.25) is 0 Å². The molecule has 3 rings (SSSR count). The van der Waals surface area contributed by atoms with Gasteiger partial charge >= 0.3 is 17.1 Å². The molecule has 2 aliphatic rings. The summed E-state index contributed by atoms with van der Waals surface area (Å²) < 4.78 is 25.0. The summed E-state index contributed by atoms with van der Waals surface area (Å²) in [5.74, 6) is 0. The molecule has 3 heterocycles. The zero-order valence-electron chi connectivity index (χ0n) is 22.3. The zero-order valence-corrected chi connectivity index (χ0v) is 24.3. The number of hydrogen-bond donors (Lipinski definition) is 3. The minimum atomic E-state index is -2.64. The number of hydrogen-bond acceptors (Lipinski definition) is 9. The monoisotopic (exact) mass is 528 g/mol. The average molecular weight is 529 g/mol. The van der Waals surface area contributed by atoms with Crippen LogP contribution in [-0.4, -0.2) is 80.0 Å². The molecular formula is C24H44N2O7Si2. The van der Waals surface area contributed by atoms with E-state index in [0.717, 1.165) is 0 Å². The van der Waals surface area contributed by atoms with E-state index in [4.69, 9.17) is 17.7 Å². The Kier molecular flexibility index (Phi) is 9.31. The molecule has 0 spiro atoms. The van der Waals surface area contributed by atoms with Crippen LogP contribution in [0.2, 0.25) is 22.2 Å². The molecule has 200 valence electrons. The summed E-state index contributed by atoms with van der Waals surface area (Å²) in [7, 11) is -5.13. The van der Waals surface area contributed by atoms with Crippen molar-refractivity contribution in [1.29, 1.82) is 0 Å². The van der Waals surface area contributed by atoms with Gasteiger partial charge in [-0.2, -0.15) is 0 Å². The highest BCUT2D eigenvalue weighted by Gasteiger charge is 2.53. The van der Waals surface area contributed by atoms with Gasteiger partial charge in [-0.25, -0.2) is 0 Å². The highest BCUT2D eigenvalue weighted by atomic mass is 28.4. The van der Waals surface area contributed by atoms with Crippen molar-refractivity contribution in [3.8, 4) is 0 Å². The van der Waals surface area contributed by atoms with E-state index in [1.807, 2.05) is 0 Å². The fourth-order valence-electron chi connectivity index (χ4n) is 5.30. The lowest BCUT2D eigenvalue weighted by Crippen LogP contribution is -2.60. The largest absolute Gasteiger partial charge is 0.391 e. The third-order valence-corrected chi connectivity index (χ3v) is 16.4. The van der Waals surface area contributed by atoms with Crippen molar-refractivity contribution in [3.05, 3.63) is 23.8 Å². The topological polar surface area (TPSA) is 123 Å². The molecule has 5 atom stereocenters. The van der Waals surface area contributed by atoms with Gasteiger partial charge in [-0.3, -0.25) is 9.97 Å². The van der Waals surface area contributed by atoms with Crippen LogP contribution < -0.4 is 0 Å². The second-order valence-electron chi connectivity index (χ2n) is 11.1. The van der Waals surface area contributed by atoms with E-state index >= 15 is 0 Å². The first-order valence-corrected chi connectivity index (χ1v) is 16.8. The number of aliphatic hydroxyl groups is 3. The summed E-state index contributed by atoms with van der Waals surface area (Å²) >= 11 is 0. The Morgan fingerprint density at radius 1 is 0.800 bits per heavy atom. The Morgan fingerprint density at radius 3 is 1.80 bits per heavy atom. The van der Waals surface area contributed by atoms with E-state index in [2.05, 4.69) is 65.4 Å². The third-order valence-electron chi connectivity index (χ3n) is 7.39. The lowest BCUT2D eigenvalue weighted by Gasteiger charge is -2.46. The molecule has 0 radical (unpaired) electrons. The molecule has 3 N–H and O–H groups in total. The van der Waals surface area contributed by atoms with E-state index in [9.17, 15) is 15.3 Å². The molecule has 0 amide bonds. The third kappa shape index (κ3) is 5.73. The van der Waals surface area contributed by atoms with E-state index in [-0.39, 0.29) is 35.4 Å². The minimum Gasteiger partial charge on any atom is -0.391 e. The molecule has 0 aliphatic carbocycles. The smallest absolute Gasteiger partial charge is 0.343 e. The second-order valence-corrected chi connectivity index (χ2v) is 19.7. The highest BCUT2D eigenvalue weighted by Crippen LogP contribution is 2.41. The molecule has 1 aromatic rings. The van der Waals surface area contributed by atoms with Crippen molar-refractivity contribution in [2.24, 2.45) is 0 Å². The maximum Gasteiger partial charge on any atom is 0.343 e. The van der Waals surface area contributed by atoms with Gasteiger partial charge in [0, 0.05) is 12.6 Å². The molecule has 2 aliphatic heterocycles. The van der Waals surface area contributed by atoms with Gasteiger partial charge < -0.3 is 33.0 Å². The molecule has 0 bridgehead atoms. The van der Waals surface area contributed by atoms with Crippen molar-refractivity contribution in [2.75, 3.05) is 13.2 Å². The van der Waals surface area contributed by atoms with Crippen LogP contribution in [0.3, 0.4) is 0 Å². The van der Waals surface area contributed by atoms with Crippen LogP contribution in [0.5, 0.6) is 0 Å². The Hall–Kier alpha value is -0.766. The molecule has 35 heavy (non-hydrogen) atoms. The van der Waals surface area contributed by atoms with Crippen LogP contribution in [-0.2, 0) is 24.1 Å². The maximum atomic E-state index is 11.1. The number of aromatic nitrogens is 2. The Bertz CT molecular complexity index is 809. The fourth-order valence-corrected chi connectivity index (χ4v) is 12.8. The van der Waals surface area contributed by atoms with Gasteiger partial charge in [0.25, 0.3) is 0 Å². The lowest BCUT2D eigenvalue weighted by atomic mass is 10.1. The molecule has 2 fully saturated rings. The lowest BCUT2D eigenvalue weighted by molar-refractivity contribution is -0.115. The quantitative estimate of drug-likeness (QED) is 0.437. The molecular weight excluding hydrogens is 484 g/mol. The van der Waals surface area contributed by atoms with Crippen LogP contribution in [0.15, 0.2) is 12.4 Å². The standard InChI is InChI=1S/C24H44N2O7Si2/c1-14(2)34(15(3)4)30-12-20(27)22(32-34)9-18-10-26-19(11-25-18)23(29)24-21(28)13-31-35(33-24,16(5)6)17(7)8/h10-11,14-17,20-24,27-29H,9,12-13H2,1-8H3/t20-,21-,22+,23-,24-/m1/s1. The summed E-state index contributed by atoms with van der Waals surface area (Å²) in [4.78, 5) is 8.93. The van der Waals surface area contributed by atoms with Crippen molar-refractivity contribution in [2.45, 2.75) is 114 Å². The van der Waals surface area contributed by atoms with E-state index in [0.29, 0.717) is 17.8 Å². The van der Waals surface area contributed by atoms with Crippen LogP contribution in [0.1, 0.15) is 72.9 Å². The van der Waals surface area contributed by atoms with Gasteiger partial charge in [-0.1, -0.05) is 55.4 Å². The first kappa shape index (κ1) is 28.8. The normalized spacial score (nSPS) is 29.8. The summed E-state index contributed by atoms with van der Waals surface area (Å²) in [6.07, 6.45) is -0.572. The molecule has 0 unspecified atom stereocenters. The van der Waals surface area contributed by atoms with Crippen molar-refractivity contribution < 1.29 is 33.0 Å². The van der Waals surface area contributed by atoms with Gasteiger partial charge in [0.1, 0.15) is 24.4 Å². The van der Waals surface area contributed by atoms with E-state index < -0.39 is 47.6 Å². The second kappa shape index (κ2) is 11.3. The van der Waals surface area contributed by atoms with E-state index in [1.165, 1.54) is 6.20 Å². The summed E-state index contributed by atoms with van der Waals surface area (Å²) in [5.41, 5.74) is 1.81. The molecule has 9 nitrogen and oxygen atoms in total. The highest BCUT2D eigenvalue weighted by molar-refractivity contribution is 6.70. The molecule has 11 heteroatoms. The first-order chi connectivity index (χ1) is 16.3. The molecule has 0 saturated carbocycles. The zero-order chi connectivity index (χ0) is 26.1. The summed E-state index contributed by atoms with van der Waals surface area (Å²) in [5, 5.41) is 32.1. The first-order valence-electron chi connectivity index (χ1n) is 12.8. The van der Waals surface area contributed by atoms with E-state index in [1.54, 1.807) is 6.20 Å². The summed E-state index contributed by atoms with van der Waals surface area (Å²) in [6, 6.07) is 0. The predicted molar refractivity (Wildman–Crippen MR) is 136 cm³/mol. The Morgan fingerprint density at radius 2 is 1.31 bits per heavy atom. The maximum absolute atomic E-state index is 11.1. The molecule has 0 aromatic carbocycles. The van der Waals surface area contributed by atoms with Crippen molar-refractivity contribution >= 4 is 17.1 Å². The van der Waals surface area contributed by atoms with Gasteiger partial charge in [0.05, 0.1) is 36.9 Å². The van der Waals surface area contributed by atoms with Crippen LogP contribution >= 0.6 is 0 Å². The van der Waals surface area contributed by atoms with Crippen LogP contribution in [0.25, 0.3) is 0 Å². The average Bonchev–Trinajstić information content (AvgIpc) is 2.80. The molecule has 1 aromatic heterocycles. The Labute approximate surface area is 211 Å². The predicted octanol–water partition coefficient (Wildman–Crippen LogP) is 3.13. The number of nitrogens with zero attached hydrogens (tertiary/aromatic N) is 2. The number of rotatable bonds is 8. The fraction of sp³-hybridized carbons (Fsp3) is 0.833.